The predicted molar refractivity (Wildman–Crippen MR) is 43.4 cm³/mol. The van der Waals surface area contributed by atoms with Crippen LogP contribution in [0.5, 0.6) is 0 Å². The number of aromatic nitrogens is 4. The van der Waals surface area contributed by atoms with Gasteiger partial charge < -0.3 is 4.74 Å². The zero-order valence-corrected chi connectivity index (χ0v) is 7.83. The summed E-state index contributed by atoms with van der Waals surface area (Å²) in [5.41, 5.74) is -0.181. The molecule has 0 saturated carbocycles. The number of rotatable bonds is 2. The number of H-pyrrole nitrogens is 1. The van der Waals surface area contributed by atoms with E-state index >= 15 is 0 Å². The van der Waals surface area contributed by atoms with E-state index in [0.29, 0.717) is 5.82 Å². The number of aromatic amines is 1. The summed E-state index contributed by atoms with van der Waals surface area (Å²) < 4.78 is 5.60. The minimum Gasteiger partial charge on any atom is -0.365 e. The molecule has 0 aliphatic carbocycles. The smallest absolute Gasteiger partial charge is 0.202 e. The molecule has 0 bridgehead atoms. The van der Waals surface area contributed by atoms with Gasteiger partial charge in [-0.05, 0) is 27.7 Å². The maximum absolute atomic E-state index is 5.60. The van der Waals surface area contributed by atoms with E-state index in [1.807, 2.05) is 27.7 Å². The molecule has 1 unspecified atom stereocenters. The van der Waals surface area contributed by atoms with Crippen LogP contribution in [0, 0.1) is 0 Å². The molecule has 5 nitrogen and oxygen atoms in total. The maximum atomic E-state index is 5.60. The summed E-state index contributed by atoms with van der Waals surface area (Å²) in [6.07, 6.45) is -0.122. The van der Waals surface area contributed by atoms with Crippen LogP contribution in [-0.2, 0) is 4.74 Å². The Balaban J connectivity index is 2.56. The van der Waals surface area contributed by atoms with Crippen LogP contribution in [0.15, 0.2) is 0 Å². The summed E-state index contributed by atoms with van der Waals surface area (Å²) in [6.45, 7) is 7.87. The molecule has 1 aromatic rings. The number of tetrazole rings is 1. The normalized spacial score (nSPS) is 14.7. The van der Waals surface area contributed by atoms with Crippen LogP contribution in [0.4, 0.5) is 0 Å². The highest BCUT2D eigenvalue weighted by molar-refractivity contribution is 4.82. The third kappa shape index (κ3) is 2.58. The van der Waals surface area contributed by atoms with Gasteiger partial charge in [0.05, 0.1) is 5.60 Å². The second-order valence-electron chi connectivity index (χ2n) is 3.64. The summed E-state index contributed by atoms with van der Waals surface area (Å²) in [4.78, 5) is 0. The summed E-state index contributed by atoms with van der Waals surface area (Å²) in [5, 5.41) is 13.5. The Bertz CT molecular complexity index is 226. The van der Waals surface area contributed by atoms with Gasteiger partial charge in [0.2, 0.25) is 5.82 Å². The van der Waals surface area contributed by atoms with Crippen molar-refractivity contribution in [2.45, 2.75) is 39.4 Å². The van der Waals surface area contributed by atoms with E-state index in [-0.39, 0.29) is 11.7 Å². The first kappa shape index (κ1) is 9.12. The van der Waals surface area contributed by atoms with Crippen LogP contribution >= 0.6 is 0 Å². The lowest BCUT2D eigenvalue weighted by atomic mass is 10.2. The van der Waals surface area contributed by atoms with E-state index in [4.69, 9.17) is 4.74 Å². The quantitative estimate of drug-likeness (QED) is 0.721. The third-order valence-electron chi connectivity index (χ3n) is 1.26. The SMILES string of the molecule is CC(OC(C)(C)C)c1nn[nH]n1. The van der Waals surface area contributed by atoms with E-state index < -0.39 is 0 Å². The van der Waals surface area contributed by atoms with Crippen LogP contribution in [0.3, 0.4) is 0 Å². The first-order valence-corrected chi connectivity index (χ1v) is 3.90. The molecule has 68 valence electrons. The fourth-order valence-corrected chi connectivity index (χ4v) is 0.925. The van der Waals surface area contributed by atoms with Crippen molar-refractivity contribution in [2.75, 3.05) is 0 Å². The first-order chi connectivity index (χ1) is 5.49. The zero-order valence-electron chi connectivity index (χ0n) is 7.83. The van der Waals surface area contributed by atoms with Gasteiger partial charge in [0.1, 0.15) is 6.10 Å². The van der Waals surface area contributed by atoms with Gasteiger partial charge >= 0.3 is 0 Å². The Hall–Kier alpha value is -0.970. The highest BCUT2D eigenvalue weighted by atomic mass is 16.5. The molecule has 0 saturated heterocycles. The van der Waals surface area contributed by atoms with Crippen molar-refractivity contribution < 1.29 is 4.74 Å². The number of hydrogen-bond donors (Lipinski definition) is 1. The second kappa shape index (κ2) is 3.18. The minimum absolute atomic E-state index is 0.122. The molecule has 0 aliphatic rings. The van der Waals surface area contributed by atoms with Crippen molar-refractivity contribution >= 4 is 0 Å². The molecule has 0 radical (unpaired) electrons. The molecule has 12 heavy (non-hydrogen) atoms. The van der Waals surface area contributed by atoms with Gasteiger partial charge in [-0.2, -0.15) is 5.21 Å². The number of nitrogens with one attached hydrogen (secondary N) is 1. The highest BCUT2D eigenvalue weighted by Gasteiger charge is 2.18. The summed E-state index contributed by atoms with van der Waals surface area (Å²) in [5.74, 6) is 0.588. The molecule has 1 aromatic heterocycles. The molecular formula is C7H14N4O. The molecule has 0 aromatic carbocycles. The second-order valence-corrected chi connectivity index (χ2v) is 3.64. The van der Waals surface area contributed by atoms with Gasteiger partial charge in [-0.15, -0.1) is 10.2 Å². The van der Waals surface area contributed by atoms with Gasteiger partial charge in [-0.3, -0.25) is 0 Å². The fourth-order valence-electron chi connectivity index (χ4n) is 0.925. The lowest BCUT2D eigenvalue weighted by molar-refractivity contribution is -0.0566. The molecule has 1 heterocycles. The average molecular weight is 170 g/mol. The zero-order chi connectivity index (χ0) is 9.19. The van der Waals surface area contributed by atoms with Gasteiger partial charge in [0.25, 0.3) is 0 Å². The first-order valence-electron chi connectivity index (χ1n) is 3.90. The van der Waals surface area contributed by atoms with Gasteiger partial charge in [0.15, 0.2) is 0 Å². The topological polar surface area (TPSA) is 63.7 Å². The van der Waals surface area contributed by atoms with E-state index in [9.17, 15) is 0 Å². The molecule has 0 fully saturated rings. The van der Waals surface area contributed by atoms with E-state index in [1.54, 1.807) is 0 Å². The van der Waals surface area contributed by atoms with Gasteiger partial charge in [0, 0.05) is 0 Å². The predicted octanol–water partition coefficient (Wildman–Crippen LogP) is 1.08. The van der Waals surface area contributed by atoms with E-state index in [2.05, 4.69) is 20.6 Å². The molecule has 1 N–H and O–H groups in total. The van der Waals surface area contributed by atoms with Gasteiger partial charge in [-0.25, -0.2) is 0 Å². The van der Waals surface area contributed by atoms with Crippen molar-refractivity contribution in [1.82, 2.24) is 20.6 Å². The molecule has 0 spiro atoms. The van der Waals surface area contributed by atoms with Crippen LogP contribution in [-0.4, -0.2) is 26.2 Å². The van der Waals surface area contributed by atoms with Crippen molar-refractivity contribution in [3.8, 4) is 0 Å². The molecule has 0 amide bonds. The van der Waals surface area contributed by atoms with E-state index in [1.165, 1.54) is 0 Å². The highest BCUT2D eigenvalue weighted by Crippen LogP contribution is 2.19. The number of nitrogens with zero attached hydrogens (tertiary/aromatic N) is 3. The molecule has 1 atom stereocenters. The molecule has 0 aliphatic heterocycles. The Kier molecular flexibility index (Phi) is 2.42. The summed E-state index contributed by atoms with van der Waals surface area (Å²) in [6, 6.07) is 0. The Morgan fingerprint density at radius 2 is 2.08 bits per heavy atom. The fraction of sp³-hybridized carbons (Fsp3) is 0.857. The van der Waals surface area contributed by atoms with Crippen molar-refractivity contribution in [3.05, 3.63) is 5.82 Å². The average Bonchev–Trinajstić information content (AvgIpc) is 2.32. The summed E-state index contributed by atoms with van der Waals surface area (Å²) >= 11 is 0. The van der Waals surface area contributed by atoms with Crippen LogP contribution < -0.4 is 0 Å². The van der Waals surface area contributed by atoms with Crippen LogP contribution in [0.1, 0.15) is 39.6 Å². The van der Waals surface area contributed by atoms with Crippen molar-refractivity contribution in [2.24, 2.45) is 0 Å². The standard InChI is InChI=1S/C7H14N4O/c1-5(12-7(2,3)4)6-8-10-11-9-6/h5H,1-4H3,(H,8,9,10,11). The Labute approximate surface area is 71.5 Å². The molecule has 5 heteroatoms. The van der Waals surface area contributed by atoms with Crippen molar-refractivity contribution in [3.63, 3.8) is 0 Å². The maximum Gasteiger partial charge on any atom is 0.202 e. The van der Waals surface area contributed by atoms with E-state index in [0.717, 1.165) is 0 Å². The van der Waals surface area contributed by atoms with Crippen LogP contribution in [0.25, 0.3) is 0 Å². The number of hydrogen-bond acceptors (Lipinski definition) is 4. The van der Waals surface area contributed by atoms with Crippen LogP contribution in [0.2, 0.25) is 0 Å². The minimum atomic E-state index is -0.181. The largest absolute Gasteiger partial charge is 0.365 e. The van der Waals surface area contributed by atoms with Gasteiger partial charge in [-0.1, -0.05) is 5.21 Å². The summed E-state index contributed by atoms with van der Waals surface area (Å²) in [7, 11) is 0. The lowest BCUT2D eigenvalue weighted by Gasteiger charge is -2.22. The lowest BCUT2D eigenvalue weighted by Crippen LogP contribution is -2.21. The monoisotopic (exact) mass is 170 g/mol. The molecular weight excluding hydrogens is 156 g/mol. The molecule has 1 rings (SSSR count). The Morgan fingerprint density at radius 3 is 2.50 bits per heavy atom. The third-order valence-corrected chi connectivity index (χ3v) is 1.26. The Morgan fingerprint density at radius 1 is 1.42 bits per heavy atom. The van der Waals surface area contributed by atoms with Crippen molar-refractivity contribution in [1.29, 1.82) is 0 Å². The number of ether oxygens (including phenoxy) is 1.